The number of furan rings is 1. The SMILES string of the molecule is NC(=O)Cc1ccccc1NC(=O)NCc1ccoc1. The van der Waals surface area contributed by atoms with Gasteiger partial charge in [0.2, 0.25) is 5.91 Å². The lowest BCUT2D eigenvalue weighted by atomic mass is 10.1. The van der Waals surface area contributed by atoms with E-state index in [1.54, 1.807) is 36.6 Å². The van der Waals surface area contributed by atoms with Gasteiger partial charge in [-0.25, -0.2) is 4.79 Å². The van der Waals surface area contributed by atoms with E-state index in [9.17, 15) is 9.59 Å². The zero-order valence-electron chi connectivity index (χ0n) is 10.8. The van der Waals surface area contributed by atoms with Crippen LogP contribution in [0.3, 0.4) is 0 Å². The first kappa shape index (κ1) is 13.7. The van der Waals surface area contributed by atoms with Crippen molar-refractivity contribution in [1.29, 1.82) is 0 Å². The number of amides is 3. The van der Waals surface area contributed by atoms with E-state index in [0.717, 1.165) is 5.56 Å². The highest BCUT2D eigenvalue weighted by molar-refractivity contribution is 5.91. The summed E-state index contributed by atoms with van der Waals surface area (Å²) in [6, 6.07) is 8.43. The van der Waals surface area contributed by atoms with E-state index >= 15 is 0 Å². The van der Waals surface area contributed by atoms with E-state index in [1.165, 1.54) is 6.26 Å². The van der Waals surface area contributed by atoms with Gasteiger partial charge in [0, 0.05) is 17.8 Å². The monoisotopic (exact) mass is 273 g/mol. The Kier molecular flexibility index (Phi) is 4.39. The van der Waals surface area contributed by atoms with Gasteiger partial charge in [-0.05, 0) is 17.7 Å². The molecule has 0 atom stereocenters. The normalized spacial score (nSPS) is 10.0. The third-order valence-electron chi connectivity index (χ3n) is 2.66. The maximum atomic E-state index is 11.8. The summed E-state index contributed by atoms with van der Waals surface area (Å²) in [6.07, 6.45) is 3.18. The predicted molar refractivity (Wildman–Crippen MR) is 73.9 cm³/mol. The number of nitrogens with one attached hydrogen (secondary N) is 2. The fraction of sp³-hybridized carbons (Fsp3) is 0.143. The van der Waals surface area contributed by atoms with Crippen LogP contribution in [0.15, 0.2) is 47.3 Å². The van der Waals surface area contributed by atoms with Gasteiger partial charge < -0.3 is 20.8 Å². The van der Waals surface area contributed by atoms with Gasteiger partial charge >= 0.3 is 6.03 Å². The highest BCUT2D eigenvalue weighted by Crippen LogP contribution is 2.15. The van der Waals surface area contributed by atoms with Crippen LogP contribution in [0.1, 0.15) is 11.1 Å². The van der Waals surface area contributed by atoms with Gasteiger partial charge in [-0.2, -0.15) is 0 Å². The van der Waals surface area contributed by atoms with Crippen LogP contribution >= 0.6 is 0 Å². The molecule has 4 N–H and O–H groups in total. The summed E-state index contributed by atoms with van der Waals surface area (Å²) >= 11 is 0. The number of hydrogen-bond donors (Lipinski definition) is 3. The van der Waals surface area contributed by atoms with Gasteiger partial charge in [-0.1, -0.05) is 18.2 Å². The number of carbonyl (C=O) groups excluding carboxylic acids is 2. The van der Waals surface area contributed by atoms with Crippen molar-refractivity contribution in [3.8, 4) is 0 Å². The molecule has 1 aromatic carbocycles. The molecule has 0 radical (unpaired) electrons. The van der Waals surface area contributed by atoms with Crippen molar-refractivity contribution in [3.63, 3.8) is 0 Å². The van der Waals surface area contributed by atoms with Gasteiger partial charge in [0.15, 0.2) is 0 Å². The smallest absolute Gasteiger partial charge is 0.319 e. The Morgan fingerprint density at radius 3 is 2.70 bits per heavy atom. The van der Waals surface area contributed by atoms with Crippen LogP contribution in [0.2, 0.25) is 0 Å². The molecule has 0 saturated carbocycles. The first-order chi connectivity index (χ1) is 9.65. The van der Waals surface area contributed by atoms with Crippen LogP contribution in [0.25, 0.3) is 0 Å². The van der Waals surface area contributed by atoms with Gasteiger partial charge in [-0.15, -0.1) is 0 Å². The molecular formula is C14H15N3O3. The molecule has 0 spiro atoms. The molecule has 2 aromatic rings. The Labute approximate surface area is 116 Å². The summed E-state index contributed by atoms with van der Waals surface area (Å²) in [6.45, 7) is 0.361. The molecule has 1 aromatic heterocycles. The summed E-state index contributed by atoms with van der Waals surface area (Å²) in [7, 11) is 0. The molecule has 0 unspecified atom stereocenters. The summed E-state index contributed by atoms with van der Waals surface area (Å²) < 4.78 is 4.90. The van der Waals surface area contributed by atoms with Gasteiger partial charge in [0.1, 0.15) is 0 Å². The highest BCUT2D eigenvalue weighted by Gasteiger charge is 2.08. The maximum absolute atomic E-state index is 11.8. The van der Waals surface area contributed by atoms with E-state index in [-0.39, 0.29) is 12.5 Å². The number of anilines is 1. The number of nitrogens with two attached hydrogens (primary N) is 1. The van der Waals surface area contributed by atoms with Gasteiger partial charge in [0.25, 0.3) is 0 Å². The molecular weight excluding hydrogens is 258 g/mol. The average Bonchev–Trinajstić information content (AvgIpc) is 2.91. The molecule has 0 aliphatic heterocycles. The van der Waals surface area contributed by atoms with Crippen LogP contribution in [-0.2, 0) is 17.8 Å². The number of primary amides is 1. The summed E-state index contributed by atoms with van der Waals surface area (Å²) in [4.78, 5) is 22.7. The highest BCUT2D eigenvalue weighted by atomic mass is 16.3. The fourth-order valence-electron chi connectivity index (χ4n) is 1.73. The van der Waals surface area contributed by atoms with E-state index in [0.29, 0.717) is 17.8 Å². The Bertz CT molecular complexity index is 593. The molecule has 6 nitrogen and oxygen atoms in total. The van der Waals surface area contributed by atoms with Crippen molar-refractivity contribution in [1.82, 2.24) is 5.32 Å². The van der Waals surface area contributed by atoms with E-state index in [1.807, 2.05) is 0 Å². The standard InChI is InChI=1S/C14H15N3O3/c15-13(18)7-11-3-1-2-4-12(11)17-14(19)16-8-10-5-6-20-9-10/h1-6,9H,7-8H2,(H2,15,18)(H2,16,17,19). The minimum atomic E-state index is -0.446. The Morgan fingerprint density at radius 2 is 2.00 bits per heavy atom. The number of para-hydroxylation sites is 1. The second kappa shape index (κ2) is 6.42. The molecule has 20 heavy (non-hydrogen) atoms. The molecule has 1 heterocycles. The number of rotatable bonds is 5. The van der Waals surface area contributed by atoms with E-state index in [4.69, 9.17) is 10.2 Å². The van der Waals surface area contributed by atoms with Crippen LogP contribution in [0.5, 0.6) is 0 Å². The van der Waals surface area contributed by atoms with E-state index < -0.39 is 5.91 Å². The summed E-state index contributed by atoms with van der Waals surface area (Å²) in [5.74, 6) is -0.446. The Hall–Kier alpha value is -2.76. The number of benzene rings is 1. The molecule has 0 aliphatic carbocycles. The topological polar surface area (TPSA) is 97.4 Å². The second-order valence-corrected chi connectivity index (χ2v) is 4.24. The Morgan fingerprint density at radius 1 is 1.20 bits per heavy atom. The molecule has 3 amide bonds. The van der Waals surface area contributed by atoms with E-state index in [2.05, 4.69) is 10.6 Å². The van der Waals surface area contributed by atoms with Crippen LogP contribution in [0.4, 0.5) is 10.5 Å². The molecule has 0 fully saturated rings. The molecule has 2 rings (SSSR count). The van der Waals surface area contributed by atoms with Crippen molar-refractivity contribution in [2.24, 2.45) is 5.73 Å². The van der Waals surface area contributed by atoms with Gasteiger partial charge in [0.05, 0.1) is 18.9 Å². The Balaban J connectivity index is 1.95. The minimum absolute atomic E-state index is 0.0815. The number of hydrogen-bond acceptors (Lipinski definition) is 3. The van der Waals surface area contributed by atoms with Crippen molar-refractivity contribution in [3.05, 3.63) is 54.0 Å². The molecule has 0 aliphatic rings. The lowest BCUT2D eigenvalue weighted by Gasteiger charge is -2.10. The minimum Gasteiger partial charge on any atom is -0.472 e. The van der Waals surface area contributed by atoms with Crippen molar-refractivity contribution < 1.29 is 14.0 Å². The van der Waals surface area contributed by atoms with Crippen LogP contribution < -0.4 is 16.4 Å². The molecule has 104 valence electrons. The first-order valence-electron chi connectivity index (χ1n) is 6.07. The number of urea groups is 1. The quantitative estimate of drug-likeness (QED) is 0.772. The molecule has 0 bridgehead atoms. The zero-order valence-corrected chi connectivity index (χ0v) is 10.8. The first-order valence-corrected chi connectivity index (χ1v) is 6.07. The lowest BCUT2D eigenvalue weighted by molar-refractivity contribution is -0.117. The van der Waals surface area contributed by atoms with Crippen molar-refractivity contribution in [2.75, 3.05) is 5.32 Å². The summed E-state index contributed by atoms with van der Waals surface area (Å²) in [5, 5.41) is 5.38. The largest absolute Gasteiger partial charge is 0.472 e. The van der Waals surface area contributed by atoms with Crippen molar-refractivity contribution >= 4 is 17.6 Å². The molecule has 6 heteroatoms. The summed E-state index contributed by atoms with van der Waals surface area (Å²) in [5.41, 5.74) is 7.28. The van der Waals surface area contributed by atoms with Crippen LogP contribution in [-0.4, -0.2) is 11.9 Å². The van der Waals surface area contributed by atoms with Crippen molar-refractivity contribution in [2.45, 2.75) is 13.0 Å². The lowest BCUT2D eigenvalue weighted by Crippen LogP contribution is -2.28. The average molecular weight is 273 g/mol. The third-order valence-corrected chi connectivity index (χ3v) is 2.66. The predicted octanol–water partition coefficient (Wildman–Crippen LogP) is 1.63. The third kappa shape index (κ3) is 3.88. The number of carbonyl (C=O) groups is 2. The fourth-order valence-corrected chi connectivity index (χ4v) is 1.73. The maximum Gasteiger partial charge on any atom is 0.319 e. The molecule has 0 saturated heterocycles. The second-order valence-electron chi connectivity index (χ2n) is 4.24. The van der Waals surface area contributed by atoms with Gasteiger partial charge in [-0.3, -0.25) is 4.79 Å². The zero-order chi connectivity index (χ0) is 14.4. The van der Waals surface area contributed by atoms with Crippen LogP contribution in [0, 0.1) is 0 Å².